The first kappa shape index (κ1) is 8.98. The van der Waals surface area contributed by atoms with Crippen LogP contribution in [0.15, 0.2) is 28.7 Å². The maximum Gasteiger partial charge on any atom is 0.134 e. The molecular weight excluding hydrogens is 186 g/mol. The smallest absolute Gasteiger partial charge is 0.134 e. The Morgan fingerprint density at radius 2 is 2.13 bits per heavy atom. The van der Waals surface area contributed by atoms with Crippen molar-refractivity contribution in [3.8, 4) is 0 Å². The van der Waals surface area contributed by atoms with Crippen molar-refractivity contribution < 1.29 is 4.42 Å². The number of nitrogens with zero attached hydrogens (tertiary/aromatic N) is 1. The lowest BCUT2D eigenvalue weighted by molar-refractivity contribution is 0.307. The summed E-state index contributed by atoms with van der Waals surface area (Å²) >= 11 is 0. The van der Waals surface area contributed by atoms with Crippen molar-refractivity contribution in [3.63, 3.8) is 0 Å². The van der Waals surface area contributed by atoms with Gasteiger partial charge in [0.1, 0.15) is 11.3 Å². The zero-order valence-electron chi connectivity index (χ0n) is 8.99. The average Bonchev–Trinajstić information content (AvgIpc) is 2.46. The lowest BCUT2D eigenvalue weighted by Gasteiger charge is -2.10. The molecule has 78 valence electrons. The fourth-order valence-electron chi connectivity index (χ4n) is 2.40. The van der Waals surface area contributed by atoms with Crippen LogP contribution in [0.5, 0.6) is 0 Å². The van der Waals surface area contributed by atoms with E-state index in [2.05, 4.69) is 30.1 Å². The van der Waals surface area contributed by atoms with Crippen LogP contribution in [-0.2, 0) is 13.0 Å². The van der Waals surface area contributed by atoms with Gasteiger partial charge in [0.2, 0.25) is 0 Å². The van der Waals surface area contributed by atoms with Crippen LogP contribution >= 0.6 is 0 Å². The molecule has 0 radical (unpaired) electrons. The number of hydrogen-bond acceptors (Lipinski definition) is 2. The van der Waals surface area contributed by atoms with Gasteiger partial charge in [0.05, 0.1) is 6.54 Å². The fraction of sp³-hybridized carbons (Fsp3) is 0.385. The maximum absolute atomic E-state index is 5.90. The Bertz CT molecular complexity index is 486. The van der Waals surface area contributed by atoms with Crippen LogP contribution in [0.4, 0.5) is 0 Å². The molecular formula is C13H15NO. The third-order valence-corrected chi connectivity index (χ3v) is 3.16. The summed E-state index contributed by atoms with van der Waals surface area (Å²) < 4.78 is 5.90. The molecule has 0 N–H and O–H groups in total. The quantitative estimate of drug-likeness (QED) is 0.651. The van der Waals surface area contributed by atoms with Crippen molar-refractivity contribution in [2.45, 2.75) is 19.4 Å². The second-order valence-corrected chi connectivity index (χ2v) is 4.34. The molecule has 15 heavy (non-hydrogen) atoms. The van der Waals surface area contributed by atoms with E-state index in [1.807, 2.05) is 6.07 Å². The minimum absolute atomic E-state index is 0.948. The fourth-order valence-corrected chi connectivity index (χ4v) is 2.40. The van der Waals surface area contributed by atoms with E-state index in [1.54, 1.807) is 0 Å². The molecule has 2 nitrogen and oxygen atoms in total. The van der Waals surface area contributed by atoms with E-state index in [0.29, 0.717) is 0 Å². The molecule has 0 atom stereocenters. The monoisotopic (exact) mass is 201 g/mol. The Balaban J connectivity index is 2.19. The minimum Gasteiger partial charge on any atom is -0.459 e. The predicted octanol–water partition coefficient (Wildman–Crippen LogP) is 2.81. The van der Waals surface area contributed by atoms with Gasteiger partial charge >= 0.3 is 0 Å². The van der Waals surface area contributed by atoms with Crippen molar-refractivity contribution in [2.75, 3.05) is 13.6 Å². The summed E-state index contributed by atoms with van der Waals surface area (Å²) in [5.41, 5.74) is 2.47. The van der Waals surface area contributed by atoms with Gasteiger partial charge in [-0.15, -0.1) is 0 Å². The highest BCUT2D eigenvalue weighted by molar-refractivity contribution is 5.82. The van der Waals surface area contributed by atoms with E-state index in [9.17, 15) is 0 Å². The van der Waals surface area contributed by atoms with Crippen LogP contribution in [0, 0.1) is 0 Å². The standard InChI is InChI=1S/C13H15NO/c1-14-8-4-6-11-10-5-2-3-7-12(10)15-13(11)9-14/h2-3,5,7H,4,6,8-9H2,1H3. The van der Waals surface area contributed by atoms with E-state index in [4.69, 9.17) is 4.42 Å². The van der Waals surface area contributed by atoms with Gasteiger partial charge in [0.25, 0.3) is 0 Å². The van der Waals surface area contributed by atoms with Crippen LogP contribution in [-0.4, -0.2) is 18.5 Å². The first-order valence-corrected chi connectivity index (χ1v) is 5.52. The normalized spacial score (nSPS) is 17.7. The molecule has 2 aromatic rings. The zero-order chi connectivity index (χ0) is 10.3. The number of aryl methyl sites for hydroxylation is 1. The summed E-state index contributed by atoms with van der Waals surface area (Å²) in [5, 5.41) is 1.31. The van der Waals surface area contributed by atoms with Gasteiger partial charge in [-0.1, -0.05) is 18.2 Å². The van der Waals surface area contributed by atoms with Crippen molar-refractivity contribution >= 4 is 11.0 Å². The summed E-state index contributed by atoms with van der Waals surface area (Å²) in [6, 6.07) is 8.36. The number of fused-ring (bicyclic) bond motifs is 3. The Hall–Kier alpha value is -1.28. The third kappa shape index (κ3) is 1.45. The Morgan fingerprint density at radius 1 is 1.27 bits per heavy atom. The van der Waals surface area contributed by atoms with Gasteiger partial charge in [-0.2, -0.15) is 0 Å². The molecule has 0 spiro atoms. The second kappa shape index (κ2) is 3.38. The highest BCUT2D eigenvalue weighted by Gasteiger charge is 2.17. The number of para-hydroxylation sites is 1. The molecule has 0 fully saturated rings. The largest absolute Gasteiger partial charge is 0.459 e. The van der Waals surface area contributed by atoms with Crippen LogP contribution < -0.4 is 0 Å². The van der Waals surface area contributed by atoms with Gasteiger partial charge in [-0.3, -0.25) is 4.90 Å². The predicted molar refractivity (Wildman–Crippen MR) is 60.9 cm³/mol. The molecule has 0 unspecified atom stereocenters. The molecule has 2 heterocycles. The zero-order valence-corrected chi connectivity index (χ0v) is 8.99. The number of hydrogen-bond donors (Lipinski definition) is 0. The van der Waals surface area contributed by atoms with Gasteiger partial charge in [-0.05, 0) is 32.5 Å². The molecule has 0 aliphatic carbocycles. The molecule has 2 heteroatoms. The highest BCUT2D eigenvalue weighted by Crippen LogP contribution is 2.29. The second-order valence-electron chi connectivity index (χ2n) is 4.34. The van der Waals surface area contributed by atoms with Gasteiger partial charge in [0.15, 0.2) is 0 Å². The van der Waals surface area contributed by atoms with Gasteiger partial charge in [-0.25, -0.2) is 0 Å². The van der Waals surface area contributed by atoms with Gasteiger partial charge in [0, 0.05) is 10.9 Å². The SMILES string of the molecule is CN1CCCc2c(oc3ccccc23)C1. The molecule has 1 aliphatic rings. The first-order chi connectivity index (χ1) is 7.34. The average molecular weight is 201 g/mol. The highest BCUT2D eigenvalue weighted by atomic mass is 16.3. The van der Waals surface area contributed by atoms with Crippen molar-refractivity contribution in [1.29, 1.82) is 0 Å². The molecule has 1 aromatic heterocycles. The molecule has 3 rings (SSSR count). The van der Waals surface area contributed by atoms with E-state index < -0.39 is 0 Å². The summed E-state index contributed by atoms with van der Waals surface area (Å²) in [6.07, 6.45) is 2.38. The van der Waals surface area contributed by atoms with Crippen molar-refractivity contribution in [3.05, 3.63) is 35.6 Å². The lowest BCUT2D eigenvalue weighted by Crippen LogP contribution is -2.16. The van der Waals surface area contributed by atoms with E-state index >= 15 is 0 Å². The van der Waals surface area contributed by atoms with E-state index in [-0.39, 0.29) is 0 Å². The third-order valence-electron chi connectivity index (χ3n) is 3.16. The van der Waals surface area contributed by atoms with Crippen molar-refractivity contribution in [1.82, 2.24) is 4.90 Å². The minimum atomic E-state index is 0.948. The molecule has 0 saturated carbocycles. The Labute approximate surface area is 89.5 Å². The summed E-state index contributed by atoms with van der Waals surface area (Å²) in [4.78, 5) is 2.33. The Morgan fingerprint density at radius 3 is 3.07 bits per heavy atom. The molecule has 0 bridgehead atoms. The topological polar surface area (TPSA) is 16.4 Å². The number of rotatable bonds is 0. The summed E-state index contributed by atoms with van der Waals surface area (Å²) in [5.74, 6) is 1.16. The number of furan rings is 1. The molecule has 0 saturated heterocycles. The van der Waals surface area contributed by atoms with Gasteiger partial charge < -0.3 is 4.42 Å². The molecule has 0 amide bonds. The van der Waals surface area contributed by atoms with Crippen LogP contribution in [0.25, 0.3) is 11.0 Å². The van der Waals surface area contributed by atoms with E-state index in [1.165, 1.54) is 23.9 Å². The lowest BCUT2D eigenvalue weighted by atomic mass is 10.1. The summed E-state index contributed by atoms with van der Waals surface area (Å²) in [7, 11) is 2.16. The van der Waals surface area contributed by atoms with Crippen molar-refractivity contribution in [2.24, 2.45) is 0 Å². The number of benzene rings is 1. The maximum atomic E-state index is 5.90. The molecule has 1 aliphatic heterocycles. The van der Waals surface area contributed by atoms with E-state index in [0.717, 1.165) is 24.3 Å². The van der Waals surface area contributed by atoms with Crippen LogP contribution in [0.3, 0.4) is 0 Å². The van der Waals surface area contributed by atoms with Crippen LogP contribution in [0.2, 0.25) is 0 Å². The van der Waals surface area contributed by atoms with Crippen LogP contribution in [0.1, 0.15) is 17.7 Å². The molecule has 1 aromatic carbocycles. The summed E-state index contributed by atoms with van der Waals surface area (Å²) in [6.45, 7) is 2.11. The Kier molecular flexibility index (Phi) is 2.03. The first-order valence-electron chi connectivity index (χ1n) is 5.52.